The Morgan fingerprint density at radius 3 is 2.50 bits per heavy atom. The summed E-state index contributed by atoms with van der Waals surface area (Å²) in [6, 6.07) is 15.6. The van der Waals surface area contributed by atoms with Crippen LogP contribution in [0, 0.1) is 5.92 Å². The van der Waals surface area contributed by atoms with E-state index in [4.69, 9.17) is 0 Å². The summed E-state index contributed by atoms with van der Waals surface area (Å²) >= 11 is 0. The predicted octanol–water partition coefficient (Wildman–Crippen LogP) is 2.64. The predicted molar refractivity (Wildman–Crippen MR) is 79.0 cm³/mol. The molecule has 0 spiro atoms. The van der Waals surface area contributed by atoms with Crippen molar-refractivity contribution in [1.82, 2.24) is 5.32 Å². The SMILES string of the molecule is Oc1ccc([C@@H]2CNC[C@H]2Cc2ccccc2)cc1O. The number of hydrogen-bond donors (Lipinski definition) is 3. The Morgan fingerprint density at radius 1 is 0.950 bits per heavy atom. The van der Waals surface area contributed by atoms with E-state index in [1.807, 2.05) is 12.1 Å². The highest BCUT2D eigenvalue weighted by Crippen LogP contribution is 2.35. The van der Waals surface area contributed by atoms with E-state index in [0.717, 1.165) is 25.1 Å². The second kappa shape index (κ2) is 5.55. The van der Waals surface area contributed by atoms with Crippen molar-refractivity contribution in [2.75, 3.05) is 13.1 Å². The van der Waals surface area contributed by atoms with E-state index >= 15 is 0 Å². The van der Waals surface area contributed by atoms with Crippen LogP contribution in [0.15, 0.2) is 48.5 Å². The first-order valence-corrected chi connectivity index (χ1v) is 7.00. The third-order valence-electron chi connectivity index (χ3n) is 4.11. The standard InChI is InChI=1S/C17H19NO2/c19-16-7-6-13(9-17(16)20)15-11-18-10-14(15)8-12-4-2-1-3-5-12/h1-7,9,14-15,18-20H,8,10-11H2/t14-,15+/m1/s1. The molecule has 104 valence electrons. The van der Waals surface area contributed by atoms with Crippen molar-refractivity contribution in [1.29, 1.82) is 0 Å². The van der Waals surface area contributed by atoms with E-state index in [2.05, 4.69) is 29.6 Å². The van der Waals surface area contributed by atoms with E-state index in [9.17, 15) is 10.2 Å². The van der Waals surface area contributed by atoms with Crippen LogP contribution < -0.4 is 5.32 Å². The summed E-state index contributed by atoms with van der Waals surface area (Å²) in [4.78, 5) is 0. The van der Waals surface area contributed by atoms with Gasteiger partial charge in [0.05, 0.1) is 0 Å². The minimum absolute atomic E-state index is 0.0344. The monoisotopic (exact) mass is 269 g/mol. The topological polar surface area (TPSA) is 52.5 Å². The molecular formula is C17H19NO2. The molecule has 0 unspecified atom stereocenters. The quantitative estimate of drug-likeness (QED) is 0.751. The lowest BCUT2D eigenvalue weighted by molar-refractivity contribution is 0.401. The zero-order valence-corrected chi connectivity index (χ0v) is 11.3. The fraction of sp³-hybridized carbons (Fsp3) is 0.294. The second-order valence-corrected chi connectivity index (χ2v) is 5.46. The minimum atomic E-state index is -0.0562. The van der Waals surface area contributed by atoms with E-state index < -0.39 is 0 Å². The van der Waals surface area contributed by atoms with Crippen LogP contribution in [-0.4, -0.2) is 23.3 Å². The number of nitrogens with one attached hydrogen (secondary N) is 1. The van der Waals surface area contributed by atoms with Crippen LogP contribution in [0.25, 0.3) is 0 Å². The highest BCUT2D eigenvalue weighted by Gasteiger charge is 2.28. The van der Waals surface area contributed by atoms with Crippen molar-refractivity contribution in [2.24, 2.45) is 5.92 Å². The van der Waals surface area contributed by atoms with E-state index in [0.29, 0.717) is 11.8 Å². The zero-order chi connectivity index (χ0) is 13.9. The Labute approximate surface area is 118 Å². The van der Waals surface area contributed by atoms with Gasteiger partial charge in [-0.1, -0.05) is 36.4 Å². The number of aromatic hydroxyl groups is 2. The fourth-order valence-electron chi connectivity index (χ4n) is 3.03. The van der Waals surface area contributed by atoms with Crippen LogP contribution in [0.1, 0.15) is 17.0 Å². The highest BCUT2D eigenvalue weighted by atomic mass is 16.3. The average Bonchev–Trinajstić information content (AvgIpc) is 2.91. The smallest absolute Gasteiger partial charge is 0.157 e. The molecule has 20 heavy (non-hydrogen) atoms. The molecule has 3 N–H and O–H groups in total. The lowest BCUT2D eigenvalue weighted by atomic mass is 9.84. The number of rotatable bonds is 3. The zero-order valence-electron chi connectivity index (χ0n) is 11.3. The molecule has 3 nitrogen and oxygen atoms in total. The van der Waals surface area contributed by atoms with E-state index in [1.54, 1.807) is 12.1 Å². The first-order valence-electron chi connectivity index (χ1n) is 7.00. The molecule has 3 heteroatoms. The molecule has 2 aromatic rings. The van der Waals surface area contributed by atoms with Crippen molar-refractivity contribution in [3.63, 3.8) is 0 Å². The maximum Gasteiger partial charge on any atom is 0.157 e. The normalized spacial score (nSPS) is 22.0. The number of hydrogen-bond acceptors (Lipinski definition) is 3. The maximum atomic E-state index is 9.67. The van der Waals surface area contributed by atoms with Crippen LogP contribution >= 0.6 is 0 Å². The molecule has 3 rings (SSSR count). The van der Waals surface area contributed by atoms with Gasteiger partial charge in [0.25, 0.3) is 0 Å². The first kappa shape index (κ1) is 13.0. The van der Waals surface area contributed by atoms with Gasteiger partial charge in [0.1, 0.15) is 0 Å². The highest BCUT2D eigenvalue weighted by molar-refractivity contribution is 5.42. The van der Waals surface area contributed by atoms with Crippen LogP contribution in [0.2, 0.25) is 0 Å². The first-order chi connectivity index (χ1) is 9.74. The Hall–Kier alpha value is -2.00. The van der Waals surface area contributed by atoms with Gasteiger partial charge in [-0.3, -0.25) is 0 Å². The molecule has 2 aromatic carbocycles. The summed E-state index contributed by atoms with van der Waals surface area (Å²) < 4.78 is 0. The van der Waals surface area contributed by atoms with E-state index in [-0.39, 0.29) is 11.5 Å². The summed E-state index contributed by atoms with van der Waals surface area (Å²) in [7, 11) is 0. The van der Waals surface area contributed by atoms with Crippen molar-refractivity contribution >= 4 is 0 Å². The third kappa shape index (κ3) is 2.63. The summed E-state index contributed by atoms with van der Waals surface area (Å²) in [5, 5.41) is 22.5. The maximum absolute atomic E-state index is 9.67. The number of benzene rings is 2. The van der Waals surface area contributed by atoms with Crippen LogP contribution in [0.5, 0.6) is 11.5 Å². The molecule has 2 atom stereocenters. The molecule has 1 fully saturated rings. The van der Waals surface area contributed by atoms with Crippen molar-refractivity contribution in [2.45, 2.75) is 12.3 Å². The van der Waals surface area contributed by atoms with Gasteiger partial charge in [0.15, 0.2) is 11.5 Å². The van der Waals surface area contributed by atoms with Gasteiger partial charge in [-0.2, -0.15) is 0 Å². The Kier molecular flexibility index (Phi) is 3.61. The summed E-state index contributed by atoms with van der Waals surface area (Å²) in [5.74, 6) is 0.801. The van der Waals surface area contributed by atoms with E-state index in [1.165, 1.54) is 5.56 Å². The molecule has 0 bridgehead atoms. The van der Waals surface area contributed by atoms with Gasteiger partial charge < -0.3 is 15.5 Å². The molecule has 0 aliphatic carbocycles. The molecular weight excluding hydrogens is 250 g/mol. The molecule has 0 saturated carbocycles. The minimum Gasteiger partial charge on any atom is -0.504 e. The molecule has 1 saturated heterocycles. The van der Waals surface area contributed by atoms with Gasteiger partial charge in [-0.05, 0) is 42.1 Å². The van der Waals surface area contributed by atoms with Crippen molar-refractivity contribution < 1.29 is 10.2 Å². The summed E-state index contributed by atoms with van der Waals surface area (Å²) in [6.07, 6.45) is 1.03. The van der Waals surface area contributed by atoms with Crippen LogP contribution in [0.4, 0.5) is 0 Å². The summed E-state index contributed by atoms with van der Waals surface area (Å²) in [5.41, 5.74) is 2.43. The number of phenols is 2. The molecule has 0 aromatic heterocycles. The largest absolute Gasteiger partial charge is 0.504 e. The molecule has 0 amide bonds. The van der Waals surface area contributed by atoms with Gasteiger partial charge in [0, 0.05) is 12.5 Å². The number of phenolic OH excluding ortho intramolecular Hbond substituents is 2. The van der Waals surface area contributed by atoms with Crippen LogP contribution in [-0.2, 0) is 6.42 Å². The molecule has 0 radical (unpaired) electrons. The fourth-order valence-corrected chi connectivity index (χ4v) is 3.03. The molecule has 1 aliphatic heterocycles. The Balaban J connectivity index is 1.80. The van der Waals surface area contributed by atoms with Gasteiger partial charge in [-0.15, -0.1) is 0 Å². The third-order valence-corrected chi connectivity index (χ3v) is 4.11. The Morgan fingerprint density at radius 2 is 1.75 bits per heavy atom. The van der Waals surface area contributed by atoms with Gasteiger partial charge in [-0.25, -0.2) is 0 Å². The Bertz CT molecular complexity index is 583. The van der Waals surface area contributed by atoms with Crippen LogP contribution in [0.3, 0.4) is 0 Å². The van der Waals surface area contributed by atoms with Gasteiger partial charge >= 0.3 is 0 Å². The lowest BCUT2D eigenvalue weighted by Crippen LogP contribution is -2.13. The molecule has 1 heterocycles. The molecule has 1 aliphatic rings. The van der Waals surface area contributed by atoms with Crippen molar-refractivity contribution in [3.05, 3.63) is 59.7 Å². The lowest BCUT2D eigenvalue weighted by Gasteiger charge is -2.19. The van der Waals surface area contributed by atoms with Gasteiger partial charge in [0.2, 0.25) is 0 Å². The second-order valence-electron chi connectivity index (χ2n) is 5.46. The van der Waals surface area contributed by atoms with Crippen molar-refractivity contribution in [3.8, 4) is 11.5 Å². The average molecular weight is 269 g/mol. The summed E-state index contributed by atoms with van der Waals surface area (Å²) in [6.45, 7) is 1.91.